The maximum absolute atomic E-state index is 13.4. The third kappa shape index (κ3) is 3.25. The molecule has 1 N–H and O–H groups in total. The highest BCUT2D eigenvalue weighted by atomic mass is 35.5. The van der Waals surface area contributed by atoms with Crippen LogP contribution in [0.25, 0.3) is 0 Å². The summed E-state index contributed by atoms with van der Waals surface area (Å²) in [5.41, 5.74) is 1.19. The third-order valence-electron chi connectivity index (χ3n) is 2.80. The van der Waals surface area contributed by atoms with Crippen LogP contribution in [-0.4, -0.2) is 5.11 Å². The molecule has 0 saturated heterocycles. The van der Waals surface area contributed by atoms with Gasteiger partial charge in [0.15, 0.2) is 0 Å². The summed E-state index contributed by atoms with van der Waals surface area (Å²) in [6.07, 6.45) is -0.640. The highest BCUT2D eigenvalue weighted by Gasteiger charge is 2.08. The van der Waals surface area contributed by atoms with Gasteiger partial charge in [0.25, 0.3) is 0 Å². The van der Waals surface area contributed by atoms with Crippen LogP contribution in [0.4, 0.5) is 4.39 Å². The topological polar surface area (TPSA) is 29.5 Å². The Labute approximate surface area is 116 Å². The number of aliphatic hydroxyl groups is 1. The van der Waals surface area contributed by atoms with Crippen LogP contribution < -0.4 is 4.74 Å². The lowest BCUT2D eigenvalue weighted by Gasteiger charge is -2.11. The Morgan fingerprint density at radius 3 is 2.37 bits per heavy atom. The van der Waals surface area contributed by atoms with Crippen LogP contribution in [0.15, 0.2) is 36.4 Å². The fraction of sp³-hybridized carbons (Fsp3) is 0.200. The number of aryl methyl sites for hydroxylation is 1. The average Bonchev–Trinajstić information content (AvgIpc) is 2.33. The van der Waals surface area contributed by atoms with E-state index in [1.807, 2.05) is 0 Å². The number of aliphatic hydroxyl groups excluding tert-OH is 1. The van der Waals surface area contributed by atoms with Gasteiger partial charge in [-0.3, -0.25) is 0 Å². The molecule has 0 aromatic heterocycles. The van der Waals surface area contributed by atoms with Crippen molar-refractivity contribution in [3.8, 4) is 11.5 Å². The molecule has 2 rings (SSSR count). The first-order chi connectivity index (χ1) is 8.97. The molecule has 0 aliphatic heterocycles. The minimum atomic E-state index is -0.640. The van der Waals surface area contributed by atoms with Gasteiger partial charge in [0.05, 0.1) is 11.1 Å². The Morgan fingerprint density at radius 2 is 1.79 bits per heavy atom. The number of hydrogen-bond acceptors (Lipinski definition) is 2. The Bertz CT molecular complexity index is 597. The molecule has 0 radical (unpaired) electrons. The maximum Gasteiger partial charge on any atom is 0.130 e. The molecule has 1 unspecified atom stereocenters. The molecule has 19 heavy (non-hydrogen) atoms. The van der Waals surface area contributed by atoms with Crippen LogP contribution in [-0.2, 0) is 0 Å². The largest absolute Gasteiger partial charge is 0.457 e. The Morgan fingerprint density at radius 1 is 1.16 bits per heavy atom. The molecule has 1 atom stereocenters. The number of hydrogen-bond donors (Lipinski definition) is 1. The summed E-state index contributed by atoms with van der Waals surface area (Å²) >= 11 is 6.03. The van der Waals surface area contributed by atoms with Gasteiger partial charge in [-0.2, -0.15) is 0 Å². The molecular formula is C15H14ClFO2. The highest BCUT2D eigenvalue weighted by molar-refractivity contribution is 6.31. The lowest BCUT2D eigenvalue weighted by atomic mass is 10.1. The normalized spacial score (nSPS) is 12.3. The number of halogens is 2. The molecule has 0 heterocycles. The molecule has 2 aromatic rings. The second kappa shape index (κ2) is 5.59. The third-order valence-corrected chi connectivity index (χ3v) is 3.13. The second-order valence-electron chi connectivity index (χ2n) is 4.37. The SMILES string of the molecule is Cc1ccc(Oc2ccc(C(C)O)c(Cl)c2)cc1F. The fourth-order valence-corrected chi connectivity index (χ4v) is 2.01. The molecule has 2 nitrogen and oxygen atoms in total. The van der Waals surface area contributed by atoms with Crippen molar-refractivity contribution >= 4 is 11.6 Å². The summed E-state index contributed by atoms with van der Waals surface area (Å²) in [4.78, 5) is 0. The molecule has 0 saturated carbocycles. The summed E-state index contributed by atoms with van der Waals surface area (Å²) < 4.78 is 18.9. The summed E-state index contributed by atoms with van der Waals surface area (Å²) in [6, 6.07) is 9.64. The molecule has 0 amide bonds. The van der Waals surface area contributed by atoms with E-state index in [0.29, 0.717) is 27.6 Å². The van der Waals surface area contributed by atoms with Crippen molar-refractivity contribution in [3.05, 3.63) is 58.4 Å². The first-order valence-corrected chi connectivity index (χ1v) is 6.26. The monoisotopic (exact) mass is 280 g/mol. The van der Waals surface area contributed by atoms with Crippen molar-refractivity contribution in [2.75, 3.05) is 0 Å². The molecule has 0 spiro atoms. The number of rotatable bonds is 3. The van der Waals surface area contributed by atoms with E-state index in [0.717, 1.165) is 0 Å². The zero-order valence-electron chi connectivity index (χ0n) is 10.7. The van der Waals surface area contributed by atoms with Gasteiger partial charge in [0.2, 0.25) is 0 Å². The fourth-order valence-electron chi connectivity index (χ4n) is 1.68. The minimum Gasteiger partial charge on any atom is -0.457 e. The van der Waals surface area contributed by atoms with Crippen LogP contribution >= 0.6 is 11.6 Å². The molecule has 0 aliphatic rings. The first kappa shape index (κ1) is 13.8. The smallest absolute Gasteiger partial charge is 0.130 e. The van der Waals surface area contributed by atoms with Crippen LogP contribution in [0.1, 0.15) is 24.2 Å². The van der Waals surface area contributed by atoms with Crippen LogP contribution in [0, 0.1) is 12.7 Å². The first-order valence-electron chi connectivity index (χ1n) is 5.89. The number of benzene rings is 2. The van der Waals surface area contributed by atoms with Gasteiger partial charge >= 0.3 is 0 Å². The van der Waals surface area contributed by atoms with Crippen molar-refractivity contribution in [1.82, 2.24) is 0 Å². The summed E-state index contributed by atoms with van der Waals surface area (Å²) in [5.74, 6) is 0.589. The summed E-state index contributed by atoms with van der Waals surface area (Å²) in [6.45, 7) is 3.32. The van der Waals surface area contributed by atoms with E-state index in [1.54, 1.807) is 44.2 Å². The van der Waals surface area contributed by atoms with Gasteiger partial charge in [-0.25, -0.2) is 4.39 Å². The lowest BCUT2D eigenvalue weighted by molar-refractivity contribution is 0.199. The van der Waals surface area contributed by atoms with E-state index < -0.39 is 6.10 Å². The van der Waals surface area contributed by atoms with E-state index in [9.17, 15) is 9.50 Å². The van der Waals surface area contributed by atoms with Gasteiger partial charge in [-0.15, -0.1) is 0 Å². The van der Waals surface area contributed by atoms with Crippen molar-refractivity contribution in [2.45, 2.75) is 20.0 Å². The van der Waals surface area contributed by atoms with Crippen LogP contribution in [0.3, 0.4) is 0 Å². The van der Waals surface area contributed by atoms with Crippen molar-refractivity contribution in [2.24, 2.45) is 0 Å². The zero-order chi connectivity index (χ0) is 14.0. The van der Waals surface area contributed by atoms with Crippen molar-refractivity contribution in [3.63, 3.8) is 0 Å². The van der Waals surface area contributed by atoms with Gasteiger partial charge < -0.3 is 9.84 Å². The average molecular weight is 281 g/mol. The Kier molecular flexibility index (Phi) is 4.08. The molecule has 0 bridgehead atoms. The van der Waals surface area contributed by atoms with Crippen molar-refractivity contribution in [1.29, 1.82) is 0 Å². The summed E-state index contributed by atoms with van der Waals surface area (Å²) in [7, 11) is 0. The predicted octanol–water partition coefficient (Wildman–Crippen LogP) is 4.63. The van der Waals surface area contributed by atoms with Crippen LogP contribution in [0.5, 0.6) is 11.5 Å². The standard InChI is InChI=1S/C15H14ClFO2/c1-9-3-4-12(8-15(9)17)19-11-5-6-13(10(2)18)14(16)7-11/h3-8,10,18H,1-2H3. The molecule has 0 fully saturated rings. The quantitative estimate of drug-likeness (QED) is 0.888. The zero-order valence-corrected chi connectivity index (χ0v) is 11.4. The molecule has 2 aromatic carbocycles. The van der Waals surface area contributed by atoms with Gasteiger partial charge in [0.1, 0.15) is 17.3 Å². The Balaban J connectivity index is 2.24. The molecule has 4 heteroatoms. The van der Waals surface area contributed by atoms with E-state index in [1.165, 1.54) is 6.07 Å². The summed E-state index contributed by atoms with van der Waals surface area (Å²) in [5, 5.41) is 9.89. The van der Waals surface area contributed by atoms with E-state index in [4.69, 9.17) is 16.3 Å². The Hall–Kier alpha value is -1.58. The van der Waals surface area contributed by atoms with E-state index >= 15 is 0 Å². The van der Waals surface area contributed by atoms with E-state index in [2.05, 4.69) is 0 Å². The predicted molar refractivity (Wildman–Crippen MR) is 73.3 cm³/mol. The second-order valence-corrected chi connectivity index (χ2v) is 4.78. The maximum atomic E-state index is 13.4. The molecule has 100 valence electrons. The molecule has 0 aliphatic carbocycles. The molecular weight excluding hydrogens is 267 g/mol. The number of ether oxygens (including phenoxy) is 1. The van der Waals surface area contributed by atoms with Gasteiger partial charge in [-0.05, 0) is 43.2 Å². The van der Waals surface area contributed by atoms with Crippen molar-refractivity contribution < 1.29 is 14.2 Å². The lowest BCUT2D eigenvalue weighted by Crippen LogP contribution is -1.93. The van der Waals surface area contributed by atoms with Gasteiger partial charge in [0, 0.05) is 6.07 Å². The minimum absolute atomic E-state index is 0.316. The van der Waals surface area contributed by atoms with Crippen LogP contribution in [0.2, 0.25) is 5.02 Å². The van der Waals surface area contributed by atoms with Gasteiger partial charge in [-0.1, -0.05) is 23.7 Å². The van der Waals surface area contributed by atoms with E-state index in [-0.39, 0.29) is 5.82 Å². The highest BCUT2D eigenvalue weighted by Crippen LogP contribution is 2.30.